The standard InChI is InChI=1S/C15H21N3O3/c1-7-10-9(8-18(5)17-10)13-16-12(15(2,3)4)11(21-13)14(19)20-6/h8H,7H2,1-6H3. The summed E-state index contributed by atoms with van der Waals surface area (Å²) in [6.07, 6.45) is 2.61. The molecule has 2 aromatic heterocycles. The summed E-state index contributed by atoms with van der Waals surface area (Å²) in [6, 6.07) is 0. The van der Waals surface area contributed by atoms with Crippen molar-refractivity contribution in [1.29, 1.82) is 0 Å². The highest BCUT2D eigenvalue weighted by Crippen LogP contribution is 2.31. The Morgan fingerprint density at radius 2 is 2.10 bits per heavy atom. The van der Waals surface area contributed by atoms with Crippen molar-refractivity contribution in [2.24, 2.45) is 7.05 Å². The Hall–Kier alpha value is -2.11. The third kappa shape index (κ3) is 2.84. The van der Waals surface area contributed by atoms with Gasteiger partial charge in [-0.1, -0.05) is 27.7 Å². The maximum absolute atomic E-state index is 11.9. The summed E-state index contributed by atoms with van der Waals surface area (Å²) < 4.78 is 12.2. The zero-order valence-electron chi connectivity index (χ0n) is 13.4. The van der Waals surface area contributed by atoms with Crippen molar-refractivity contribution in [2.75, 3.05) is 7.11 Å². The van der Waals surface area contributed by atoms with Crippen LogP contribution in [0.15, 0.2) is 10.6 Å². The average Bonchev–Trinajstić information content (AvgIpc) is 3.00. The molecule has 0 fully saturated rings. The number of hydrogen-bond acceptors (Lipinski definition) is 5. The van der Waals surface area contributed by atoms with Gasteiger partial charge in [-0.15, -0.1) is 0 Å². The first kappa shape index (κ1) is 15.3. The maximum atomic E-state index is 11.9. The van der Waals surface area contributed by atoms with Crippen LogP contribution < -0.4 is 0 Å². The molecule has 6 nitrogen and oxygen atoms in total. The van der Waals surface area contributed by atoms with Crippen LogP contribution in [0.5, 0.6) is 0 Å². The smallest absolute Gasteiger partial charge is 0.376 e. The summed E-state index contributed by atoms with van der Waals surface area (Å²) in [7, 11) is 3.18. The van der Waals surface area contributed by atoms with Crippen molar-refractivity contribution in [1.82, 2.24) is 14.8 Å². The number of esters is 1. The van der Waals surface area contributed by atoms with Gasteiger partial charge < -0.3 is 9.15 Å². The molecule has 0 spiro atoms. The average molecular weight is 291 g/mol. The third-order valence-corrected chi connectivity index (χ3v) is 3.18. The van der Waals surface area contributed by atoms with Crippen LogP contribution in [-0.2, 0) is 23.6 Å². The zero-order chi connectivity index (χ0) is 15.8. The lowest BCUT2D eigenvalue weighted by atomic mass is 9.91. The van der Waals surface area contributed by atoms with Crippen molar-refractivity contribution in [3.05, 3.63) is 23.3 Å². The predicted molar refractivity (Wildman–Crippen MR) is 78.1 cm³/mol. The van der Waals surface area contributed by atoms with Gasteiger partial charge in [0.25, 0.3) is 0 Å². The molecule has 0 aromatic carbocycles. The molecular weight excluding hydrogens is 270 g/mol. The van der Waals surface area contributed by atoms with Crippen LogP contribution in [0.3, 0.4) is 0 Å². The number of aromatic nitrogens is 3. The van der Waals surface area contributed by atoms with E-state index in [1.54, 1.807) is 4.68 Å². The van der Waals surface area contributed by atoms with Gasteiger partial charge in [0, 0.05) is 18.7 Å². The van der Waals surface area contributed by atoms with E-state index >= 15 is 0 Å². The minimum absolute atomic E-state index is 0.158. The summed E-state index contributed by atoms with van der Waals surface area (Å²) in [6.45, 7) is 7.95. The topological polar surface area (TPSA) is 70.2 Å². The van der Waals surface area contributed by atoms with Gasteiger partial charge >= 0.3 is 5.97 Å². The molecule has 0 amide bonds. The van der Waals surface area contributed by atoms with E-state index in [1.165, 1.54) is 7.11 Å². The third-order valence-electron chi connectivity index (χ3n) is 3.18. The summed E-state index contributed by atoms with van der Waals surface area (Å²) in [5.41, 5.74) is 1.96. The number of ether oxygens (including phenoxy) is 1. The van der Waals surface area contributed by atoms with E-state index in [-0.39, 0.29) is 11.2 Å². The predicted octanol–water partition coefficient (Wildman–Crippen LogP) is 2.72. The van der Waals surface area contributed by atoms with Crippen molar-refractivity contribution in [3.63, 3.8) is 0 Å². The van der Waals surface area contributed by atoms with Crippen LogP contribution in [-0.4, -0.2) is 27.8 Å². The lowest BCUT2D eigenvalue weighted by molar-refractivity contribution is 0.0562. The zero-order valence-corrected chi connectivity index (χ0v) is 13.4. The molecule has 2 aromatic rings. The molecular formula is C15H21N3O3. The normalized spacial score (nSPS) is 11.7. The first-order chi connectivity index (χ1) is 9.77. The number of methoxy groups -OCH3 is 1. The van der Waals surface area contributed by atoms with Gasteiger partial charge in [0.05, 0.1) is 18.4 Å². The van der Waals surface area contributed by atoms with Crippen molar-refractivity contribution in [3.8, 4) is 11.5 Å². The van der Waals surface area contributed by atoms with E-state index in [9.17, 15) is 4.79 Å². The van der Waals surface area contributed by atoms with E-state index in [1.807, 2.05) is 40.9 Å². The minimum atomic E-state index is -0.513. The van der Waals surface area contributed by atoms with Crippen LogP contribution in [0.1, 0.15) is 49.6 Å². The highest BCUT2D eigenvalue weighted by Gasteiger charge is 2.30. The van der Waals surface area contributed by atoms with Crippen LogP contribution >= 0.6 is 0 Å². The number of carbonyl (C=O) groups excluding carboxylic acids is 1. The molecule has 0 saturated heterocycles. The van der Waals surface area contributed by atoms with Crippen LogP contribution in [0, 0.1) is 0 Å². The molecule has 114 valence electrons. The second kappa shape index (κ2) is 5.35. The monoisotopic (exact) mass is 291 g/mol. The number of oxazole rings is 1. The lowest BCUT2D eigenvalue weighted by Crippen LogP contribution is -2.17. The molecule has 0 N–H and O–H groups in total. The Kier molecular flexibility index (Phi) is 3.89. The highest BCUT2D eigenvalue weighted by atomic mass is 16.5. The quantitative estimate of drug-likeness (QED) is 0.813. The van der Waals surface area contributed by atoms with Gasteiger partial charge in [-0.05, 0) is 6.42 Å². The number of aryl methyl sites for hydroxylation is 2. The maximum Gasteiger partial charge on any atom is 0.376 e. The molecule has 2 heterocycles. The largest absolute Gasteiger partial charge is 0.463 e. The molecule has 6 heteroatoms. The van der Waals surface area contributed by atoms with Crippen LogP contribution in [0.25, 0.3) is 11.5 Å². The fourth-order valence-electron chi connectivity index (χ4n) is 2.15. The molecule has 0 unspecified atom stereocenters. The Bertz CT molecular complexity index is 662. The van der Waals surface area contributed by atoms with Crippen LogP contribution in [0.4, 0.5) is 0 Å². The molecule has 0 radical (unpaired) electrons. The van der Waals surface area contributed by atoms with Crippen molar-refractivity contribution in [2.45, 2.75) is 39.5 Å². The molecule has 2 rings (SSSR count). The van der Waals surface area contributed by atoms with Crippen molar-refractivity contribution >= 4 is 5.97 Å². The number of rotatable bonds is 3. The van der Waals surface area contributed by atoms with Gasteiger partial charge in [0.2, 0.25) is 11.7 Å². The van der Waals surface area contributed by atoms with E-state index in [0.29, 0.717) is 11.6 Å². The van der Waals surface area contributed by atoms with Gasteiger partial charge in [0.15, 0.2) is 0 Å². The fraction of sp³-hybridized carbons (Fsp3) is 0.533. The molecule has 0 atom stereocenters. The molecule has 0 aliphatic carbocycles. The number of hydrogen-bond donors (Lipinski definition) is 0. The van der Waals surface area contributed by atoms with Gasteiger partial charge in [-0.3, -0.25) is 4.68 Å². The summed E-state index contributed by atoms with van der Waals surface area (Å²) >= 11 is 0. The molecule has 0 aliphatic heterocycles. The number of nitrogens with zero attached hydrogens (tertiary/aromatic N) is 3. The van der Waals surface area contributed by atoms with E-state index in [2.05, 4.69) is 10.1 Å². The summed E-state index contributed by atoms with van der Waals surface area (Å²) in [4.78, 5) is 16.4. The Morgan fingerprint density at radius 3 is 2.62 bits per heavy atom. The number of carbonyl (C=O) groups is 1. The van der Waals surface area contributed by atoms with E-state index < -0.39 is 5.97 Å². The lowest BCUT2D eigenvalue weighted by Gasteiger charge is -2.15. The Balaban J connectivity index is 2.61. The first-order valence-electron chi connectivity index (χ1n) is 6.90. The van der Waals surface area contributed by atoms with Gasteiger partial charge in [-0.2, -0.15) is 5.10 Å². The van der Waals surface area contributed by atoms with Gasteiger partial charge in [0.1, 0.15) is 5.69 Å². The van der Waals surface area contributed by atoms with Gasteiger partial charge in [-0.25, -0.2) is 9.78 Å². The van der Waals surface area contributed by atoms with Crippen LogP contribution in [0.2, 0.25) is 0 Å². The molecule has 0 aliphatic rings. The SMILES string of the molecule is CCc1nn(C)cc1-c1nc(C(C)(C)C)c(C(=O)OC)o1. The first-order valence-corrected chi connectivity index (χ1v) is 6.90. The van der Waals surface area contributed by atoms with E-state index in [4.69, 9.17) is 9.15 Å². The summed E-state index contributed by atoms with van der Waals surface area (Å²) in [5.74, 6) is 0.0526. The molecule has 0 bridgehead atoms. The summed E-state index contributed by atoms with van der Waals surface area (Å²) in [5, 5.41) is 4.37. The van der Waals surface area contributed by atoms with Crippen molar-refractivity contribution < 1.29 is 13.9 Å². The fourth-order valence-corrected chi connectivity index (χ4v) is 2.15. The Morgan fingerprint density at radius 1 is 1.43 bits per heavy atom. The highest BCUT2D eigenvalue weighted by molar-refractivity contribution is 5.88. The minimum Gasteiger partial charge on any atom is -0.463 e. The second-order valence-electron chi connectivity index (χ2n) is 5.96. The molecule has 21 heavy (non-hydrogen) atoms. The van der Waals surface area contributed by atoms with E-state index in [0.717, 1.165) is 17.7 Å². The Labute approximate surface area is 124 Å². The molecule has 0 saturated carbocycles. The second-order valence-corrected chi connectivity index (χ2v) is 5.96.